The van der Waals surface area contributed by atoms with Gasteiger partial charge in [-0.15, -0.1) is 0 Å². The summed E-state index contributed by atoms with van der Waals surface area (Å²) in [7, 11) is 0. The predicted molar refractivity (Wildman–Crippen MR) is 62.3 cm³/mol. The maximum Gasteiger partial charge on any atom is 0.139 e. The van der Waals surface area contributed by atoms with Crippen LogP contribution >= 0.6 is 15.9 Å². The number of nitrogen functional groups attached to an aromatic ring is 1. The first-order chi connectivity index (χ1) is 6.35. The molecule has 76 valence electrons. The zero-order valence-corrected chi connectivity index (χ0v) is 10.2. The second kappa shape index (κ2) is 3.73. The highest BCUT2D eigenvalue weighted by Crippen LogP contribution is 2.29. The Hall–Kier alpha value is -0.830. The fraction of sp³-hybridized carbons (Fsp3) is 0.364. The topological polar surface area (TPSA) is 43.1 Å². The third-order valence-corrected chi connectivity index (χ3v) is 3.29. The molecule has 1 aromatic carbocycles. The first kappa shape index (κ1) is 11.2. The summed E-state index contributed by atoms with van der Waals surface area (Å²) in [6.45, 7) is 5.42. The van der Waals surface area contributed by atoms with Crippen molar-refractivity contribution >= 4 is 27.4 Å². The van der Waals surface area contributed by atoms with E-state index in [1.165, 1.54) is 0 Å². The summed E-state index contributed by atoms with van der Waals surface area (Å²) < 4.78 is 0.837. The van der Waals surface area contributed by atoms with E-state index in [0.29, 0.717) is 5.69 Å². The number of carbonyl (C=O) groups is 1. The molecule has 0 radical (unpaired) electrons. The van der Waals surface area contributed by atoms with Crippen molar-refractivity contribution in [2.45, 2.75) is 26.2 Å². The lowest BCUT2D eigenvalue weighted by molar-refractivity contribution is -0.121. The summed E-state index contributed by atoms with van der Waals surface area (Å²) in [5.74, 6) is 0.147. The number of hydrogen-bond donors (Lipinski definition) is 1. The molecule has 0 atom stereocenters. The summed E-state index contributed by atoms with van der Waals surface area (Å²) in [6, 6.07) is 5.60. The minimum absolute atomic E-state index is 0.147. The van der Waals surface area contributed by atoms with Gasteiger partial charge in [0.25, 0.3) is 0 Å². The Kier molecular flexibility index (Phi) is 3.00. The van der Waals surface area contributed by atoms with Crippen molar-refractivity contribution in [1.82, 2.24) is 0 Å². The van der Waals surface area contributed by atoms with Crippen molar-refractivity contribution in [3.05, 3.63) is 28.2 Å². The molecular formula is C11H14BrNO. The molecule has 0 saturated carbocycles. The van der Waals surface area contributed by atoms with Gasteiger partial charge >= 0.3 is 0 Å². The Bertz CT molecular complexity index is 372. The molecule has 14 heavy (non-hydrogen) atoms. The number of rotatable bonds is 2. The van der Waals surface area contributed by atoms with E-state index in [0.717, 1.165) is 10.0 Å². The quantitative estimate of drug-likeness (QED) is 0.827. The van der Waals surface area contributed by atoms with Gasteiger partial charge in [-0.25, -0.2) is 0 Å². The van der Waals surface area contributed by atoms with Gasteiger partial charge in [-0.2, -0.15) is 0 Å². The summed E-state index contributed by atoms with van der Waals surface area (Å²) in [5, 5.41) is 0. The van der Waals surface area contributed by atoms with Crippen molar-refractivity contribution < 1.29 is 4.79 Å². The van der Waals surface area contributed by atoms with E-state index < -0.39 is 5.41 Å². The number of nitrogens with two attached hydrogens (primary N) is 1. The Morgan fingerprint density at radius 3 is 2.43 bits per heavy atom. The number of halogens is 1. The standard InChI is InChI=1S/C11H14BrNO/c1-7(14)11(2,3)8-4-5-10(13)9(12)6-8/h4-6H,13H2,1-3H3. The van der Waals surface area contributed by atoms with Crippen LogP contribution in [0.5, 0.6) is 0 Å². The monoisotopic (exact) mass is 255 g/mol. The molecule has 1 aromatic rings. The highest BCUT2D eigenvalue weighted by atomic mass is 79.9. The van der Waals surface area contributed by atoms with E-state index in [4.69, 9.17) is 5.73 Å². The molecule has 0 aliphatic rings. The maximum absolute atomic E-state index is 11.4. The zero-order valence-electron chi connectivity index (χ0n) is 8.60. The van der Waals surface area contributed by atoms with Crippen LogP contribution in [0, 0.1) is 0 Å². The molecule has 0 bridgehead atoms. The molecule has 0 aliphatic carbocycles. The molecule has 2 N–H and O–H groups in total. The second-order valence-electron chi connectivity index (χ2n) is 3.92. The van der Waals surface area contributed by atoms with Crippen molar-refractivity contribution in [1.29, 1.82) is 0 Å². The summed E-state index contributed by atoms with van der Waals surface area (Å²) in [5.41, 5.74) is 6.89. The summed E-state index contributed by atoms with van der Waals surface area (Å²) >= 11 is 3.35. The van der Waals surface area contributed by atoms with Crippen molar-refractivity contribution in [3.8, 4) is 0 Å². The van der Waals surface area contributed by atoms with Gasteiger partial charge in [0.2, 0.25) is 0 Å². The molecule has 0 fully saturated rings. The molecular weight excluding hydrogens is 242 g/mol. The third-order valence-electron chi connectivity index (χ3n) is 2.60. The molecule has 0 amide bonds. The number of benzene rings is 1. The van der Waals surface area contributed by atoms with Gasteiger partial charge in [0.15, 0.2) is 0 Å². The van der Waals surface area contributed by atoms with Crippen LogP contribution in [0.3, 0.4) is 0 Å². The highest BCUT2D eigenvalue weighted by molar-refractivity contribution is 9.10. The largest absolute Gasteiger partial charge is 0.398 e. The van der Waals surface area contributed by atoms with Crippen LogP contribution < -0.4 is 5.73 Å². The molecule has 0 heterocycles. The minimum atomic E-state index is -0.448. The van der Waals surface area contributed by atoms with Gasteiger partial charge in [-0.3, -0.25) is 4.79 Å². The maximum atomic E-state index is 11.4. The average Bonchev–Trinajstić information content (AvgIpc) is 2.09. The van der Waals surface area contributed by atoms with Crippen LogP contribution in [0.2, 0.25) is 0 Å². The lowest BCUT2D eigenvalue weighted by Gasteiger charge is -2.22. The molecule has 0 spiro atoms. The van der Waals surface area contributed by atoms with E-state index in [1.807, 2.05) is 32.0 Å². The first-order valence-electron chi connectivity index (χ1n) is 4.42. The smallest absolute Gasteiger partial charge is 0.139 e. The number of Topliss-reactive ketones (excluding diaryl/α,β-unsaturated/α-hetero) is 1. The normalized spacial score (nSPS) is 11.4. The highest BCUT2D eigenvalue weighted by Gasteiger charge is 2.26. The van der Waals surface area contributed by atoms with E-state index in [1.54, 1.807) is 6.92 Å². The Balaban J connectivity index is 3.21. The third kappa shape index (κ3) is 1.98. The molecule has 0 saturated heterocycles. The Labute approximate surface area is 92.6 Å². The predicted octanol–water partition coefficient (Wildman–Crippen LogP) is 2.90. The molecule has 0 aromatic heterocycles. The van der Waals surface area contributed by atoms with Gasteiger partial charge in [0.05, 0.1) is 0 Å². The van der Waals surface area contributed by atoms with Crippen LogP contribution in [-0.2, 0) is 10.2 Å². The summed E-state index contributed by atoms with van der Waals surface area (Å²) in [4.78, 5) is 11.4. The molecule has 0 unspecified atom stereocenters. The number of anilines is 1. The van der Waals surface area contributed by atoms with Gasteiger partial charge in [0.1, 0.15) is 5.78 Å². The molecule has 2 nitrogen and oxygen atoms in total. The van der Waals surface area contributed by atoms with Gasteiger partial charge in [-0.05, 0) is 54.4 Å². The van der Waals surface area contributed by atoms with Crippen molar-refractivity contribution in [2.24, 2.45) is 0 Å². The van der Waals surface area contributed by atoms with E-state index >= 15 is 0 Å². The minimum Gasteiger partial charge on any atom is -0.398 e. The van der Waals surface area contributed by atoms with Gasteiger partial charge < -0.3 is 5.73 Å². The first-order valence-corrected chi connectivity index (χ1v) is 5.21. The van der Waals surface area contributed by atoms with Crippen LogP contribution in [0.1, 0.15) is 26.3 Å². The lowest BCUT2D eigenvalue weighted by atomic mass is 9.81. The number of carbonyl (C=O) groups excluding carboxylic acids is 1. The number of hydrogen-bond acceptors (Lipinski definition) is 2. The Morgan fingerprint density at radius 1 is 1.43 bits per heavy atom. The van der Waals surface area contributed by atoms with Gasteiger partial charge in [0, 0.05) is 15.6 Å². The lowest BCUT2D eigenvalue weighted by Crippen LogP contribution is -2.26. The summed E-state index contributed by atoms with van der Waals surface area (Å²) in [6.07, 6.45) is 0. The van der Waals surface area contributed by atoms with Crippen LogP contribution in [0.25, 0.3) is 0 Å². The zero-order chi connectivity index (χ0) is 10.9. The van der Waals surface area contributed by atoms with E-state index in [9.17, 15) is 4.79 Å². The average molecular weight is 256 g/mol. The van der Waals surface area contributed by atoms with E-state index in [2.05, 4.69) is 15.9 Å². The molecule has 3 heteroatoms. The molecule has 1 rings (SSSR count). The van der Waals surface area contributed by atoms with Gasteiger partial charge in [-0.1, -0.05) is 6.07 Å². The van der Waals surface area contributed by atoms with Crippen LogP contribution in [-0.4, -0.2) is 5.78 Å². The van der Waals surface area contributed by atoms with Crippen LogP contribution in [0.15, 0.2) is 22.7 Å². The number of ketones is 1. The van der Waals surface area contributed by atoms with Crippen LogP contribution in [0.4, 0.5) is 5.69 Å². The molecule has 0 aliphatic heterocycles. The SMILES string of the molecule is CC(=O)C(C)(C)c1ccc(N)c(Br)c1. The van der Waals surface area contributed by atoms with Crippen molar-refractivity contribution in [2.75, 3.05) is 5.73 Å². The van der Waals surface area contributed by atoms with Crippen molar-refractivity contribution in [3.63, 3.8) is 0 Å². The van der Waals surface area contributed by atoms with E-state index in [-0.39, 0.29) is 5.78 Å². The fourth-order valence-corrected chi connectivity index (χ4v) is 1.50. The fourth-order valence-electron chi connectivity index (χ4n) is 1.12. The Morgan fingerprint density at radius 2 is 2.00 bits per heavy atom. The second-order valence-corrected chi connectivity index (χ2v) is 4.77.